The Balaban J connectivity index is 3.06. The minimum absolute atomic E-state index is 0.0987. The first-order valence-electron chi connectivity index (χ1n) is 6.38. The Morgan fingerprint density at radius 1 is 1.32 bits per heavy atom. The molecule has 0 aliphatic carbocycles. The van der Waals surface area contributed by atoms with Crippen molar-refractivity contribution in [3.8, 4) is 11.5 Å². The van der Waals surface area contributed by atoms with Gasteiger partial charge in [-0.25, -0.2) is 0 Å². The summed E-state index contributed by atoms with van der Waals surface area (Å²) in [5, 5.41) is 19.0. The van der Waals surface area contributed by atoms with Gasteiger partial charge in [0, 0.05) is 12.0 Å². The Bertz CT molecular complexity index is 458. The molecule has 4 heteroatoms. The molecule has 0 atom stereocenters. The Morgan fingerprint density at radius 3 is 2.42 bits per heavy atom. The van der Waals surface area contributed by atoms with E-state index in [1.807, 2.05) is 26.8 Å². The van der Waals surface area contributed by atoms with Gasteiger partial charge in [-0.1, -0.05) is 20.8 Å². The third-order valence-corrected chi connectivity index (χ3v) is 3.04. The van der Waals surface area contributed by atoms with Gasteiger partial charge in [0.25, 0.3) is 0 Å². The second-order valence-corrected chi connectivity index (χ2v) is 5.68. The Morgan fingerprint density at radius 2 is 1.95 bits per heavy atom. The van der Waals surface area contributed by atoms with Crippen molar-refractivity contribution in [2.45, 2.75) is 45.4 Å². The maximum absolute atomic E-state index is 10.5. The molecule has 0 bridgehead atoms. The predicted octanol–water partition coefficient (Wildman–Crippen LogP) is 3.11. The highest BCUT2D eigenvalue weighted by Gasteiger charge is 2.21. The zero-order chi connectivity index (χ0) is 14.6. The predicted molar refractivity (Wildman–Crippen MR) is 73.9 cm³/mol. The number of hydrogen-bond acceptors (Lipinski definition) is 3. The summed E-state index contributed by atoms with van der Waals surface area (Å²) in [7, 11) is 1.58. The van der Waals surface area contributed by atoms with Gasteiger partial charge in [-0.15, -0.1) is 0 Å². The number of carbonyl (C=O) groups is 1. The van der Waals surface area contributed by atoms with Gasteiger partial charge in [-0.3, -0.25) is 4.79 Å². The zero-order valence-electron chi connectivity index (χ0n) is 12.0. The molecular weight excluding hydrogens is 244 g/mol. The van der Waals surface area contributed by atoms with Crippen molar-refractivity contribution in [2.24, 2.45) is 0 Å². The van der Waals surface area contributed by atoms with Crippen molar-refractivity contribution in [2.75, 3.05) is 7.11 Å². The van der Waals surface area contributed by atoms with E-state index in [4.69, 9.17) is 9.84 Å². The molecule has 0 fully saturated rings. The van der Waals surface area contributed by atoms with E-state index in [0.29, 0.717) is 18.6 Å². The highest BCUT2D eigenvalue weighted by molar-refractivity contribution is 5.66. The molecule has 1 aromatic rings. The second-order valence-electron chi connectivity index (χ2n) is 5.68. The molecule has 0 unspecified atom stereocenters. The van der Waals surface area contributed by atoms with Crippen LogP contribution in [0.1, 0.15) is 44.7 Å². The molecule has 0 radical (unpaired) electrons. The monoisotopic (exact) mass is 266 g/mol. The maximum Gasteiger partial charge on any atom is 0.303 e. The van der Waals surface area contributed by atoms with Crippen LogP contribution in [0.15, 0.2) is 12.1 Å². The number of carboxylic acid groups (broad SMARTS) is 1. The molecule has 1 rings (SSSR count). The number of methoxy groups -OCH3 is 1. The molecule has 0 amide bonds. The summed E-state index contributed by atoms with van der Waals surface area (Å²) in [5.41, 5.74) is 1.36. The van der Waals surface area contributed by atoms with E-state index >= 15 is 0 Å². The first-order chi connectivity index (χ1) is 8.75. The Kier molecular flexibility index (Phi) is 4.81. The van der Waals surface area contributed by atoms with Crippen molar-refractivity contribution >= 4 is 5.97 Å². The van der Waals surface area contributed by atoms with E-state index in [1.54, 1.807) is 13.2 Å². The molecule has 0 aliphatic rings. The van der Waals surface area contributed by atoms with Crippen LogP contribution < -0.4 is 4.74 Å². The van der Waals surface area contributed by atoms with Crippen molar-refractivity contribution in [3.63, 3.8) is 0 Å². The van der Waals surface area contributed by atoms with Gasteiger partial charge >= 0.3 is 5.97 Å². The number of aliphatic carboxylic acids is 1. The highest BCUT2D eigenvalue weighted by atomic mass is 16.5. The summed E-state index contributed by atoms with van der Waals surface area (Å²) in [4.78, 5) is 10.5. The molecule has 0 saturated carbocycles. The van der Waals surface area contributed by atoms with E-state index in [0.717, 1.165) is 11.1 Å². The molecule has 19 heavy (non-hydrogen) atoms. The highest BCUT2D eigenvalue weighted by Crippen LogP contribution is 2.37. The first kappa shape index (κ1) is 15.3. The van der Waals surface area contributed by atoms with Crippen LogP contribution in [0.4, 0.5) is 0 Å². The molecule has 0 saturated heterocycles. The van der Waals surface area contributed by atoms with Crippen LogP contribution in [0.2, 0.25) is 0 Å². The Hall–Kier alpha value is -1.71. The molecule has 0 aliphatic heterocycles. The van der Waals surface area contributed by atoms with E-state index in [2.05, 4.69) is 0 Å². The number of rotatable bonds is 5. The van der Waals surface area contributed by atoms with Crippen LogP contribution in [0, 0.1) is 0 Å². The van der Waals surface area contributed by atoms with Gasteiger partial charge in [0.15, 0.2) is 0 Å². The van der Waals surface area contributed by atoms with E-state index in [1.165, 1.54) is 0 Å². The third kappa shape index (κ3) is 4.16. The van der Waals surface area contributed by atoms with Crippen molar-refractivity contribution in [3.05, 3.63) is 23.3 Å². The van der Waals surface area contributed by atoms with Gasteiger partial charge in [0.2, 0.25) is 0 Å². The fraction of sp³-hybridized carbons (Fsp3) is 0.533. The second kappa shape index (κ2) is 5.95. The SMILES string of the molecule is COc1cc(CCCC(=O)O)c(O)c(C(C)(C)C)c1. The lowest BCUT2D eigenvalue weighted by Crippen LogP contribution is -2.12. The van der Waals surface area contributed by atoms with E-state index in [9.17, 15) is 9.90 Å². The van der Waals surface area contributed by atoms with Crippen LogP contribution in [-0.2, 0) is 16.6 Å². The molecular formula is C15H22O4. The number of phenolic OH excluding ortho intramolecular Hbond substituents is 1. The molecule has 106 valence electrons. The van der Waals surface area contributed by atoms with Crippen LogP contribution in [0.5, 0.6) is 11.5 Å². The molecule has 4 nitrogen and oxygen atoms in total. The van der Waals surface area contributed by atoms with Crippen molar-refractivity contribution < 1.29 is 19.7 Å². The number of benzene rings is 1. The lowest BCUT2D eigenvalue weighted by atomic mass is 9.84. The first-order valence-corrected chi connectivity index (χ1v) is 6.38. The number of ether oxygens (including phenoxy) is 1. The number of phenols is 1. The Labute approximate surface area is 114 Å². The summed E-state index contributed by atoms with van der Waals surface area (Å²) >= 11 is 0. The van der Waals surface area contributed by atoms with Crippen LogP contribution in [-0.4, -0.2) is 23.3 Å². The number of carboxylic acids is 1. The summed E-state index contributed by atoms with van der Waals surface area (Å²) in [6, 6.07) is 3.60. The zero-order valence-corrected chi connectivity index (χ0v) is 12.0. The van der Waals surface area contributed by atoms with Crippen molar-refractivity contribution in [1.82, 2.24) is 0 Å². The molecule has 0 aromatic heterocycles. The average molecular weight is 266 g/mol. The molecule has 1 aromatic carbocycles. The summed E-state index contributed by atoms with van der Waals surface area (Å²) in [6.07, 6.45) is 1.12. The van der Waals surface area contributed by atoms with Gasteiger partial charge in [-0.05, 0) is 36.0 Å². The minimum atomic E-state index is -0.821. The number of aromatic hydroxyl groups is 1. The number of hydrogen-bond donors (Lipinski definition) is 2. The molecule has 0 spiro atoms. The largest absolute Gasteiger partial charge is 0.507 e. The minimum Gasteiger partial charge on any atom is -0.507 e. The van der Waals surface area contributed by atoms with E-state index in [-0.39, 0.29) is 17.6 Å². The van der Waals surface area contributed by atoms with Gasteiger partial charge < -0.3 is 14.9 Å². The fourth-order valence-corrected chi connectivity index (χ4v) is 1.98. The van der Waals surface area contributed by atoms with Gasteiger partial charge in [0.1, 0.15) is 11.5 Å². The van der Waals surface area contributed by atoms with Gasteiger partial charge in [-0.2, -0.15) is 0 Å². The summed E-state index contributed by atoms with van der Waals surface area (Å²) < 4.78 is 5.25. The van der Waals surface area contributed by atoms with Crippen molar-refractivity contribution in [1.29, 1.82) is 0 Å². The molecule has 0 heterocycles. The van der Waals surface area contributed by atoms with Crippen LogP contribution in [0.25, 0.3) is 0 Å². The normalized spacial score (nSPS) is 11.4. The smallest absolute Gasteiger partial charge is 0.303 e. The molecule has 2 N–H and O–H groups in total. The standard InChI is InChI=1S/C15H22O4/c1-15(2,3)12-9-11(19-4)8-10(14(12)18)6-5-7-13(16)17/h8-9,18H,5-7H2,1-4H3,(H,16,17). The van der Waals surface area contributed by atoms with Gasteiger partial charge in [0.05, 0.1) is 7.11 Å². The summed E-state index contributed by atoms with van der Waals surface area (Å²) in [5.74, 6) is 0.116. The topological polar surface area (TPSA) is 66.8 Å². The lowest BCUT2D eigenvalue weighted by molar-refractivity contribution is -0.137. The van der Waals surface area contributed by atoms with Crippen LogP contribution in [0.3, 0.4) is 0 Å². The summed E-state index contributed by atoms with van der Waals surface area (Å²) in [6.45, 7) is 6.05. The average Bonchev–Trinajstić information content (AvgIpc) is 2.29. The maximum atomic E-state index is 10.5. The van der Waals surface area contributed by atoms with Crippen LogP contribution >= 0.6 is 0 Å². The quantitative estimate of drug-likeness (QED) is 0.859. The third-order valence-electron chi connectivity index (χ3n) is 3.04. The number of aryl methyl sites for hydroxylation is 1. The lowest BCUT2D eigenvalue weighted by Gasteiger charge is -2.23. The fourth-order valence-electron chi connectivity index (χ4n) is 1.98. The van der Waals surface area contributed by atoms with E-state index < -0.39 is 5.97 Å².